The van der Waals surface area contributed by atoms with Gasteiger partial charge in [-0.2, -0.15) is 0 Å². The number of furan rings is 1. The molecule has 8 nitrogen and oxygen atoms in total. The Hall–Kier alpha value is -2.87. The van der Waals surface area contributed by atoms with Gasteiger partial charge in [0.05, 0.1) is 25.9 Å². The Morgan fingerprint density at radius 2 is 1.83 bits per heavy atom. The predicted molar refractivity (Wildman–Crippen MR) is 85.1 cm³/mol. The Bertz CT molecular complexity index is 718. The molecule has 0 aliphatic heterocycles. The Morgan fingerprint density at radius 1 is 1.08 bits per heavy atom. The first-order valence-electron chi connectivity index (χ1n) is 7.00. The average Bonchev–Trinajstić information content (AvgIpc) is 3.09. The maximum Gasteiger partial charge on any atom is 0.270 e. The molecule has 3 N–H and O–H groups in total. The molecular formula is C15H15ClN4O4. The largest absolute Gasteiger partial charge is 0.467 e. The molecule has 0 saturated heterocycles. The molecule has 0 radical (unpaired) electrons. The summed E-state index contributed by atoms with van der Waals surface area (Å²) in [4.78, 5) is 38.8. The molecule has 126 valence electrons. The topological polar surface area (TPSA) is 113 Å². The van der Waals surface area contributed by atoms with Crippen molar-refractivity contribution >= 4 is 29.3 Å². The number of aromatic nitrogens is 1. The van der Waals surface area contributed by atoms with E-state index in [0.717, 1.165) is 0 Å². The average molecular weight is 351 g/mol. The van der Waals surface area contributed by atoms with E-state index in [4.69, 9.17) is 16.0 Å². The number of halogens is 1. The fraction of sp³-hybridized carbons (Fsp3) is 0.200. The molecule has 0 aromatic carbocycles. The molecule has 3 amide bonds. The van der Waals surface area contributed by atoms with Crippen LogP contribution in [0.5, 0.6) is 0 Å². The number of rotatable bonds is 7. The van der Waals surface area contributed by atoms with Crippen LogP contribution in [0.15, 0.2) is 41.1 Å². The maximum atomic E-state index is 11.8. The van der Waals surface area contributed by atoms with E-state index in [9.17, 15) is 14.4 Å². The monoisotopic (exact) mass is 350 g/mol. The summed E-state index contributed by atoms with van der Waals surface area (Å²) in [7, 11) is 0. The zero-order chi connectivity index (χ0) is 17.4. The summed E-state index contributed by atoms with van der Waals surface area (Å²) in [5, 5.41) is 7.72. The van der Waals surface area contributed by atoms with Gasteiger partial charge in [-0.1, -0.05) is 11.6 Å². The first kappa shape index (κ1) is 17.5. The minimum atomic E-state index is -0.532. The van der Waals surface area contributed by atoms with E-state index in [1.54, 1.807) is 12.1 Å². The SMILES string of the molecule is O=C(CNC(=O)CNC(=O)c1cc(Cl)ccn1)NCc1ccco1. The molecule has 0 bridgehead atoms. The van der Waals surface area contributed by atoms with Crippen LogP contribution in [-0.4, -0.2) is 35.8 Å². The molecule has 0 fully saturated rings. The lowest BCUT2D eigenvalue weighted by Gasteiger charge is -2.07. The van der Waals surface area contributed by atoms with E-state index in [2.05, 4.69) is 20.9 Å². The van der Waals surface area contributed by atoms with Gasteiger partial charge in [0.1, 0.15) is 11.5 Å². The quantitative estimate of drug-likeness (QED) is 0.672. The van der Waals surface area contributed by atoms with Crippen molar-refractivity contribution < 1.29 is 18.8 Å². The number of nitrogens with zero attached hydrogens (tertiary/aromatic N) is 1. The van der Waals surface area contributed by atoms with Crippen molar-refractivity contribution in [3.05, 3.63) is 53.2 Å². The zero-order valence-electron chi connectivity index (χ0n) is 12.5. The Kier molecular flexibility index (Phi) is 6.32. The van der Waals surface area contributed by atoms with Gasteiger partial charge >= 0.3 is 0 Å². The third-order valence-corrected chi connectivity index (χ3v) is 3.09. The van der Waals surface area contributed by atoms with E-state index in [0.29, 0.717) is 10.8 Å². The second kappa shape index (κ2) is 8.68. The first-order chi connectivity index (χ1) is 11.5. The number of pyridine rings is 1. The number of carbonyl (C=O) groups excluding carboxylic acids is 3. The van der Waals surface area contributed by atoms with Crippen molar-refractivity contribution in [1.82, 2.24) is 20.9 Å². The van der Waals surface area contributed by atoms with Gasteiger partial charge in [0.15, 0.2) is 0 Å². The molecule has 0 spiro atoms. The lowest BCUT2D eigenvalue weighted by molar-refractivity contribution is -0.125. The summed E-state index contributed by atoms with van der Waals surface area (Å²) < 4.78 is 5.06. The van der Waals surface area contributed by atoms with E-state index in [1.165, 1.54) is 24.6 Å². The smallest absolute Gasteiger partial charge is 0.270 e. The van der Waals surface area contributed by atoms with Crippen molar-refractivity contribution in [2.45, 2.75) is 6.54 Å². The molecule has 0 aliphatic carbocycles. The van der Waals surface area contributed by atoms with Crippen molar-refractivity contribution in [2.24, 2.45) is 0 Å². The Labute approximate surface area is 142 Å². The Morgan fingerprint density at radius 3 is 2.54 bits per heavy atom. The normalized spacial score (nSPS) is 10.0. The van der Waals surface area contributed by atoms with Gasteiger partial charge < -0.3 is 20.4 Å². The van der Waals surface area contributed by atoms with Crippen LogP contribution in [0.2, 0.25) is 5.02 Å². The molecule has 24 heavy (non-hydrogen) atoms. The van der Waals surface area contributed by atoms with Crippen LogP contribution in [0.1, 0.15) is 16.2 Å². The summed E-state index contributed by atoms with van der Waals surface area (Å²) in [6.45, 7) is -0.248. The van der Waals surface area contributed by atoms with Gasteiger partial charge in [-0.05, 0) is 24.3 Å². The highest BCUT2D eigenvalue weighted by atomic mass is 35.5. The number of amides is 3. The van der Waals surface area contributed by atoms with Gasteiger partial charge in [0.25, 0.3) is 5.91 Å². The molecule has 2 aromatic rings. The molecule has 0 unspecified atom stereocenters. The molecule has 0 atom stereocenters. The standard InChI is InChI=1S/C15H15ClN4O4/c16-10-3-4-17-12(6-10)15(23)20-9-14(22)19-8-13(21)18-7-11-2-1-5-24-11/h1-6H,7-9H2,(H,18,21)(H,19,22)(H,20,23). The summed E-state index contributed by atoms with van der Waals surface area (Å²) in [6.07, 6.45) is 2.89. The molecular weight excluding hydrogens is 336 g/mol. The molecule has 9 heteroatoms. The summed E-state index contributed by atoms with van der Waals surface area (Å²) in [5.41, 5.74) is 0.103. The minimum Gasteiger partial charge on any atom is -0.467 e. The maximum absolute atomic E-state index is 11.8. The van der Waals surface area contributed by atoms with Crippen LogP contribution in [0.4, 0.5) is 0 Å². The third-order valence-electron chi connectivity index (χ3n) is 2.85. The van der Waals surface area contributed by atoms with Gasteiger partial charge in [-0.15, -0.1) is 0 Å². The minimum absolute atomic E-state index is 0.103. The van der Waals surface area contributed by atoms with E-state index in [1.807, 2.05) is 0 Å². The van der Waals surface area contributed by atoms with Crippen LogP contribution in [0, 0.1) is 0 Å². The van der Waals surface area contributed by atoms with Crippen LogP contribution in [0.25, 0.3) is 0 Å². The molecule has 0 saturated carbocycles. The van der Waals surface area contributed by atoms with Crippen LogP contribution < -0.4 is 16.0 Å². The van der Waals surface area contributed by atoms with Crippen LogP contribution in [-0.2, 0) is 16.1 Å². The summed E-state index contributed by atoms with van der Waals surface area (Å²) in [6, 6.07) is 6.35. The van der Waals surface area contributed by atoms with Crippen LogP contribution in [0.3, 0.4) is 0 Å². The molecule has 2 heterocycles. The highest BCUT2D eigenvalue weighted by molar-refractivity contribution is 6.30. The lowest BCUT2D eigenvalue weighted by Crippen LogP contribution is -2.41. The highest BCUT2D eigenvalue weighted by Crippen LogP contribution is 2.07. The fourth-order valence-electron chi connectivity index (χ4n) is 1.68. The van der Waals surface area contributed by atoms with E-state index in [-0.39, 0.29) is 31.2 Å². The summed E-state index contributed by atoms with van der Waals surface area (Å²) in [5.74, 6) is -0.799. The zero-order valence-corrected chi connectivity index (χ0v) is 13.3. The molecule has 0 aliphatic rings. The number of carbonyl (C=O) groups is 3. The van der Waals surface area contributed by atoms with Crippen molar-refractivity contribution in [3.8, 4) is 0 Å². The predicted octanol–water partition coefficient (Wildman–Crippen LogP) is 0.490. The van der Waals surface area contributed by atoms with Gasteiger partial charge in [0, 0.05) is 11.2 Å². The second-order valence-corrected chi connectivity index (χ2v) is 5.11. The molecule has 2 rings (SSSR count). The highest BCUT2D eigenvalue weighted by Gasteiger charge is 2.10. The number of hydrogen-bond acceptors (Lipinski definition) is 5. The number of hydrogen-bond donors (Lipinski definition) is 3. The Balaban J connectivity index is 1.65. The third kappa shape index (κ3) is 5.73. The van der Waals surface area contributed by atoms with Gasteiger partial charge in [-0.3, -0.25) is 19.4 Å². The van der Waals surface area contributed by atoms with Gasteiger partial charge in [-0.25, -0.2) is 0 Å². The van der Waals surface area contributed by atoms with Gasteiger partial charge in [0.2, 0.25) is 11.8 Å². The number of nitrogens with one attached hydrogen (secondary N) is 3. The van der Waals surface area contributed by atoms with Crippen molar-refractivity contribution in [2.75, 3.05) is 13.1 Å². The summed E-state index contributed by atoms with van der Waals surface area (Å²) >= 11 is 5.75. The lowest BCUT2D eigenvalue weighted by atomic mass is 10.3. The van der Waals surface area contributed by atoms with E-state index >= 15 is 0 Å². The second-order valence-electron chi connectivity index (χ2n) is 4.67. The van der Waals surface area contributed by atoms with E-state index < -0.39 is 11.8 Å². The molecule has 2 aromatic heterocycles. The van der Waals surface area contributed by atoms with Crippen molar-refractivity contribution in [1.29, 1.82) is 0 Å². The van der Waals surface area contributed by atoms with Crippen molar-refractivity contribution in [3.63, 3.8) is 0 Å². The first-order valence-corrected chi connectivity index (χ1v) is 7.38. The van der Waals surface area contributed by atoms with Crippen LogP contribution >= 0.6 is 11.6 Å². The fourth-order valence-corrected chi connectivity index (χ4v) is 1.84.